The van der Waals surface area contributed by atoms with Gasteiger partial charge in [-0.05, 0) is 54.1 Å². The smallest absolute Gasteiger partial charge is 0.310 e. The van der Waals surface area contributed by atoms with Crippen molar-refractivity contribution in [2.75, 3.05) is 34.4 Å². The Morgan fingerprint density at radius 2 is 1.35 bits per heavy atom. The lowest BCUT2D eigenvalue weighted by Gasteiger charge is -2.23. The highest BCUT2D eigenvalue weighted by atomic mass is 16.5. The summed E-state index contributed by atoms with van der Waals surface area (Å²) in [4.78, 5) is 12.0. The Morgan fingerprint density at radius 3 is 2.00 bits per heavy atom. The number of ether oxygens (including phenoxy) is 3. The lowest BCUT2D eigenvalue weighted by Crippen LogP contribution is -2.34. The third-order valence-electron chi connectivity index (χ3n) is 4.68. The standard InChI is InChI=1S/C26H30NO4/c1-27(2,3)22-12-10-21(11-13-22)20-26(28)30-19-7-18-29-23-14-16-25(17-15-23)31-24-8-5-4-6-9-24/h4-6,8-17H,7,18-20H2,1-3H3/q+1. The number of rotatable bonds is 10. The van der Waals surface area contributed by atoms with Crippen LogP contribution in [-0.4, -0.2) is 40.3 Å². The SMILES string of the molecule is C[N+](C)(C)c1ccc(CC(=O)OCCCOc2ccc(Oc3ccccc3)cc2)cc1. The zero-order valence-electron chi connectivity index (χ0n) is 18.4. The molecule has 3 aromatic carbocycles. The molecule has 0 spiro atoms. The van der Waals surface area contributed by atoms with Crippen LogP contribution in [0.3, 0.4) is 0 Å². The third-order valence-corrected chi connectivity index (χ3v) is 4.68. The Balaban J connectivity index is 1.33. The van der Waals surface area contributed by atoms with Crippen LogP contribution in [0.4, 0.5) is 5.69 Å². The second-order valence-electron chi connectivity index (χ2n) is 8.16. The van der Waals surface area contributed by atoms with E-state index in [0.717, 1.165) is 27.3 Å². The van der Waals surface area contributed by atoms with Gasteiger partial charge in [-0.1, -0.05) is 30.3 Å². The Kier molecular flexibility index (Phi) is 7.68. The van der Waals surface area contributed by atoms with Crippen LogP contribution in [0, 0.1) is 0 Å². The maximum Gasteiger partial charge on any atom is 0.310 e. The van der Waals surface area contributed by atoms with Crippen LogP contribution in [0.2, 0.25) is 0 Å². The number of carbonyl (C=O) groups is 1. The molecular formula is C26H30NO4+. The molecular weight excluding hydrogens is 390 g/mol. The van der Waals surface area contributed by atoms with Gasteiger partial charge in [0.2, 0.25) is 0 Å². The van der Waals surface area contributed by atoms with Crippen molar-refractivity contribution in [1.82, 2.24) is 4.48 Å². The monoisotopic (exact) mass is 420 g/mol. The van der Waals surface area contributed by atoms with Crippen molar-refractivity contribution in [1.29, 1.82) is 0 Å². The van der Waals surface area contributed by atoms with E-state index in [1.54, 1.807) is 0 Å². The predicted octanol–water partition coefficient (Wildman–Crippen LogP) is 5.23. The molecule has 3 rings (SSSR count). The fraction of sp³-hybridized carbons (Fsp3) is 0.269. The highest BCUT2D eigenvalue weighted by Gasteiger charge is 2.12. The van der Waals surface area contributed by atoms with Gasteiger partial charge in [-0.3, -0.25) is 9.28 Å². The molecule has 0 aliphatic carbocycles. The third kappa shape index (κ3) is 7.46. The Bertz CT molecular complexity index is 945. The van der Waals surface area contributed by atoms with E-state index in [9.17, 15) is 4.79 Å². The van der Waals surface area contributed by atoms with Gasteiger partial charge in [0.25, 0.3) is 0 Å². The molecule has 0 aliphatic rings. The van der Waals surface area contributed by atoms with Crippen molar-refractivity contribution in [3.05, 3.63) is 84.4 Å². The summed E-state index contributed by atoms with van der Waals surface area (Å²) in [5, 5.41) is 0. The van der Waals surface area contributed by atoms with Gasteiger partial charge < -0.3 is 14.2 Å². The van der Waals surface area contributed by atoms with E-state index in [0.29, 0.717) is 19.6 Å². The fourth-order valence-corrected chi connectivity index (χ4v) is 2.94. The average Bonchev–Trinajstić information content (AvgIpc) is 2.75. The summed E-state index contributed by atoms with van der Waals surface area (Å²) in [5.74, 6) is 2.08. The lowest BCUT2D eigenvalue weighted by atomic mass is 10.1. The van der Waals surface area contributed by atoms with Crippen LogP contribution in [-0.2, 0) is 16.0 Å². The van der Waals surface area contributed by atoms with Gasteiger partial charge in [0.15, 0.2) is 0 Å². The quantitative estimate of drug-likeness (QED) is 0.256. The average molecular weight is 421 g/mol. The Labute approximate surface area is 184 Å². The summed E-state index contributed by atoms with van der Waals surface area (Å²) in [5.41, 5.74) is 2.14. The molecule has 0 aliphatic heterocycles. The first-order valence-corrected chi connectivity index (χ1v) is 10.4. The highest BCUT2D eigenvalue weighted by Crippen LogP contribution is 2.23. The van der Waals surface area contributed by atoms with E-state index >= 15 is 0 Å². The molecule has 5 nitrogen and oxygen atoms in total. The number of nitrogens with zero attached hydrogens (tertiary/aromatic N) is 1. The molecule has 0 heterocycles. The molecule has 0 saturated carbocycles. The molecule has 3 aromatic rings. The van der Waals surface area contributed by atoms with Gasteiger partial charge in [0.05, 0.1) is 40.8 Å². The molecule has 5 heteroatoms. The van der Waals surface area contributed by atoms with Gasteiger partial charge in [0, 0.05) is 6.42 Å². The fourth-order valence-electron chi connectivity index (χ4n) is 2.94. The van der Waals surface area contributed by atoms with Gasteiger partial charge >= 0.3 is 5.97 Å². The van der Waals surface area contributed by atoms with Gasteiger partial charge in [-0.2, -0.15) is 0 Å². The maximum atomic E-state index is 12.0. The summed E-state index contributed by atoms with van der Waals surface area (Å²) in [6.07, 6.45) is 0.912. The Hall–Kier alpha value is -3.31. The normalized spacial score (nSPS) is 11.1. The van der Waals surface area contributed by atoms with Crippen LogP contribution in [0.25, 0.3) is 0 Å². The van der Waals surface area contributed by atoms with Crippen LogP contribution in [0.1, 0.15) is 12.0 Å². The predicted molar refractivity (Wildman–Crippen MR) is 124 cm³/mol. The summed E-state index contributed by atoms with van der Waals surface area (Å²) in [6.45, 7) is 0.815. The topological polar surface area (TPSA) is 44.8 Å². The van der Waals surface area contributed by atoms with E-state index in [1.165, 1.54) is 5.69 Å². The van der Waals surface area contributed by atoms with Crippen molar-refractivity contribution in [3.63, 3.8) is 0 Å². The van der Waals surface area contributed by atoms with Gasteiger partial charge in [-0.25, -0.2) is 0 Å². The van der Waals surface area contributed by atoms with Crippen molar-refractivity contribution in [2.45, 2.75) is 12.8 Å². The molecule has 31 heavy (non-hydrogen) atoms. The van der Waals surface area contributed by atoms with E-state index in [-0.39, 0.29) is 12.4 Å². The number of para-hydroxylation sites is 1. The molecule has 0 radical (unpaired) electrons. The van der Waals surface area contributed by atoms with Gasteiger partial charge in [-0.15, -0.1) is 0 Å². The number of carbonyl (C=O) groups excluding carboxylic acids is 1. The Morgan fingerprint density at radius 1 is 0.742 bits per heavy atom. The van der Waals surface area contributed by atoms with Crippen molar-refractivity contribution in [2.24, 2.45) is 0 Å². The highest BCUT2D eigenvalue weighted by molar-refractivity contribution is 5.72. The number of benzene rings is 3. The van der Waals surface area contributed by atoms with Gasteiger partial charge in [0.1, 0.15) is 22.9 Å². The molecule has 0 bridgehead atoms. The molecule has 0 atom stereocenters. The maximum absolute atomic E-state index is 12.0. The van der Waals surface area contributed by atoms with E-state index in [4.69, 9.17) is 14.2 Å². The number of hydrogen-bond acceptors (Lipinski definition) is 4. The number of quaternary nitrogens is 1. The largest absolute Gasteiger partial charge is 0.493 e. The zero-order valence-corrected chi connectivity index (χ0v) is 18.4. The second-order valence-corrected chi connectivity index (χ2v) is 8.16. The van der Waals surface area contributed by atoms with E-state index < -0.39 is 0 Å². The summed E-state index contributed by atoms with van der Waals surface area (Å²) in [7, 11) is 6.33. The van der Waals surface area contributed by atoms with Crippen LogP contribution < -0.4 is 14.0 Å². The summed E-state index contributed by atoms with van der Waals surface area (Å²) < 4.78 is 17.5. The summed E-state index contributed by atoms with van der Waals surface area (Å²) >= 11 is 0. The minimum absolute atomic E-state index is 0.222. The minimum Gasteiger partial charge on any atom is -0.493 e. The molecule has 0 saturated heterocycles. The van der Waals surface area contributed by atoms with Crippen molar-refractivity contribution >= 4 is 11.7 Å². The molecule has 0 unspecified atom stereocenters. The lowest BCUT2D eigenvalue weighted by molar-refractivity contribution is -0.143. The van der Waals surface area contributed by atoms with Crippen molar-refractivity contribution in [3.8, 4) is 17.2 Å². The first kappa shape index (κ1) is 22.4. The molecule has 162 valence electrons. The molecule has 0 aromatic heterocycles. The first-order valence-electron chi connectivity index (χ1n) is 10.4. The van der Waals surface area contributed by atoms with E-state index in [2.05, 4.69) is 21.1 Å². The number of esters is 1. The van der Waals surface area contributed by atoms with Crippen LogP contribution in [0.15, 0.2) is 78.9 Å². The van der Waals surface area contributed by atoms with Crippen LogP contribution in [0.5, 0.6) is 17.2 Å². The zero-order chi connectivity index (χ0) is 22.1. The molecule has 0 fully saturated rings. The van der Waals surface area contributed by atoms with Crippen molar-refractivity contribution < 1.29 is 19.0 Å². The minimum atomic E-state index is -0.222. The number of hydrogen-bond donors (Lipinski definition) is 0. The molecule has 0 N–H and O–H groups in total. The molecule has 0 amide bonds. The second kappa shape index (κ2) is 10.6. The summed E-state index contributed by atoms with van der Waals surface area (Å²) in [6, 6.07) is 25.2. The van der Waals surface area contributed by atoms with Crippen LogP contribution >= 0.6 is 0 Å². The van der Waals surface area contributed by atoms with E-state index in [1.807, 2.05) is 78.9 Å². The first-order chi connectivity index (χ1) is 14.9.